The molecule has 8 heteroatoms. The monoisotopic (exact) mass is 394 g/mol. The molecule has 2 aromatic carbocycles. The second-order valence-corrected chi connectivity index (χ2v) is 10.4. The first-order valence-electron chi connectivity index (χ1n) is 8.24. The molecule has 140 valence electrons. The van der Waals surface area contributed by atoms with E-state index < -0.39 is 32.3 Å². The number of sulfonamides is 2. The molecule has 0 unspecified atom stereocenters. The lowest BCUT2D eigenvalue weighted by atomic mass is 10.2. The maximum atomic E-state index is 13.3. The Bertz CT molecular complexity index is 987. The molecule has 2 aromatic rings. The van der Waals surface area contributed by atoms with E-state index in [0.29, 0.717) is 5.56 Å². The largest absolute Gasteiger partial charge is 0.244 e. The molecule has 0 saturated carbocycles. The first-order valence-corrected chi connectivity index (χ1v) is 11.5. The third-order valence-electron chi connectivity index (χ3n) is 4.50. The zero-order valence-electron chi connectivity index (χ0n) is 14.9. The number of hydrogen-bond donors (Lipinski definition) is 0. The molecule has 0 radical (unpaired) electrons. The van der Waals surface area contributed by atoms with Crippen LogP contribution in [-0.4, -0.2) is 44.3 Å². The zero-order valence-corrected chi connectivity index (χ0v) is 16.5. The maximum absolute atomic E-state index is 13.3. The summed E-state index contributed by atoms with van der Waals surface area (Å²) in [5, 5.41) is 0. The van der Waals surface area contributed by atoms with Gasteiger partial charge in [-0.05, 0) is 31.5 Å². The summed E-state index contributed by atoms with van der Waals surface area (Å²) in [6.45, 7) is 3.71. The van der Waals surface area contributed by atoms with Crippen LogP contribution in [0.1, 0.15) is 24.2 Å². The van der Waals surface area contributed by atoms with E-state index in [2.05, 4.69) is 0 Å². The number of hydrogen-bond acceptors (Lipinski definition) is 4. The number of nitrogens with zero attached hydrogens (tertiary/aromatic N) is 2. The van der Waals surface area contributed by atoms with Crippen LogP contribution < -0.4 is 0 Å². The molecule has 0 amide bonds. The van der Waals surface area contributed by atoms with E-state index in [1.54, 1.807) is 55.5 Å². The van der Waals surface area contributed by atoms with E-state index in [0.717, 1.165) is 11.8 Å². The van der Waals surface area contributed by atoms with Gasteiger partial charge in [0.05, 0.1) is 11.2 Å². The van der Waals surface area contributed by atoms with E-state index in [1.165, 1.54) is 8.61 Å². The van der Waals surface area contributed by atoms with E-state index in [4.69, 9.17) is 0 Å². The summed E-state index contributed by atoms with van der Waals surface area (Å²) in [5.41, 5.74) is 1.58. The molecule has 2 atom stereocenters. The van der Waals surface area contributed by atoms with Gasteiger partial charge in [-0.3, -0.25) is 0 Å². The third-order valence-corrected chi connectivity index (χ3v) is 7.66. The van der Waals surface area contributed by atoms with Crippen molar-refractivity contribution in [2.45, 2.75) is 31.0 Å². The van der Waals surface area contributed by atoms with E-state index in [1.807, 2.05) is 13.0 Å². The molecule has 0 bridgehead atoms. The van der Waals surface area contributed by atoms with Crippen molar-refractivity contribution >= 4 is 20.0 Å². The minimum absolute atomic E-state index is 0.100. The molecule has 1 aliphatic rings. The van der Waals surface area contributed by atoms with Gasteiger partial charge in [0.2, 0.25) is 20.0 Å². The summed E-state index contributed by atoms with van der Waals surface area (Å²) < 4.78 is 53.8. The molecule has 1 saturated heterocycles. The number of benzene rings is 2. The predicted molar refractivity (Wildman–Crippen MR) is 100 cm³/mol. The number of aryl methyl sites for hydroxylation is 1. The Morgan fingerprint density at radius 3 is 2.04 bits per heavy atom. The van der Waals surface area contributed by atoms with Gasteiger partial charge in [-0.25, -0.2) is 16.8 Å². The second kappa shape index (κ2) is 6.77. The van der Waals surface area contributed by atoms with Crippen LogP contribution in [0.15, 0.2) is 59.5 Å². The average molecular weight is 395 g/mol. The number of rotatable bonds is 4. The highest BCUT2D eigenvalue weighted by Gasteiger charge is 2.48. The first kappa shape index (κ1) is 19.0. The fourth-order valence-electron chi connectivity index (χ4n) is 3.33. The Morgan fingerprint density at radius 1 is 0.923 bits per heavy atom. The lowest BCUT2D eigenvalue weighted by molar-refractivity contribution is 0.277. The van der Waals surface area contributed by atoms with Crippen molar-refractivity contribution in [2.75, 3.05) is 12.8 Å². The lowest BCUT2D eigenvalue weighted by Gasteiger charge is -2.29. The Morgan fingerprint density at radius 2 is 1.50 bits per heavy atom. The molecule has 3 rings (SSSR count). The van der Waals surface area contributed by atoms with Crippen molar-refractivity contribution in [3.05, 3.63) is 65.7 Å². The van der Waals surface area contributed by atoms with Crippen molar-refractivity contribution < 1.29 is 16.8 Å². The topological polar surface area (TPSA) is 74.8 Å². The average Bonchev–Trinajstić information content (AvgIpc) is 2.94. The zero-order chi connectivity index (χ0) is 19.1. The van der Waals surface area contributed by atoms with Crippen molar-refractivity contribution in [3.8, 4) is 0 Å². The SMILES string of the molecule is Cc1ccc(S(=O)(=O)N2C[C@@H](C)N(S(C)(=O)=O)[C@@H]2c2ccccc2)cc1. The van der Waals surface area contributed by atoms with Crippen molar-refractivity contribution in [1.29, 1.82) is 0 Å². The summed E-state index contributed by atoms with van der Waals surface area (Å²) in [4.78, 5) is 0.159. The van der Waals surface area contributed by atoms with Crippen LogP contribution in [0.4, 0.5) is 0 Å². The van der Waals surface area contributed by atoms with Crippen LogP contribution in [0.5, 0.6) is 0 Å². The molecule has 0 aliphatic carbocycles. The molecular formula is C18H22N2O4S2. The van der Waals surface area contributed by atoms with Crippen LogP contribution in [0, 0.1) is 6.92 Å². The molecule has 0 aromatic heterocycles. The first-order chi connectivity index (χ1) is 12.1. The molecule has 1 heterocycles. The molecule has 1 fully saturated rings. The summed E-state index contributed by atoms with van der Waals surface area (Å²) in [7, 11) is -7.46. The molecular weight excluding hydrogens is 372 g/mol. The summed E-state index contributed by atoms with van der Waals surface area (Å²) in [5.74, 6) is 0. The van der Waals surface area contributed by atoms with Crippen molar-refractivity contribution in [2.24, 2.45) is 0 Å². The summed E-state index contributed by atoms with van der Waals surface area (Å²) in [6.07, 6.45) is 0.217. The van der Waals surface area contributed by atoms with Crippen LogP contribution in [-0.2, 0) is 20.0 Å². The minimum atomic E-state index is -3.85. The normalized spacial score (nSPS) is 22.6. The quantitative estimate of drug-likeness (QED) is 0.798. The summed E-state index contributed by atoms with van der Waals surface area (Å²) >= 11 is 0. The van der Waals surface area contributed by atoms with Crippen LogP contribution >= 0.6 is 0 Å². The van der Waals surface area contributed by atoms with Crippen LogP contribution in [0.3, 0.4) is 0 Å². The Kier molecular flexibility index (Phi) is 4.96. The van der Waals surface area contributed by atoms with Crippen LogP contribution in [0.25, 0.3) is 0 Å². The molecule has 6 nitrogen and oxygen atoms in total. The standard InChI is InChI=1S/C18H22N2O4S2/c1-14-9-11-17(12-10-14)26(23,24)19-13-15(2)20(25(3,21)22)18(19)16-7-5-4-6-8-16/h4-12,15,18H,13H2,1-3H3/t15-,18-/m1/s1. The van der Waals surface area contributed by atoms with E-state index in [-0.39, 0.29) is 11.4 Å². The second-order valence-electron chi connectivity index (χ2n) is 6.61. The maximum Gasteiger partial charge on any atom is 0.244 e. The Labute approximate surface area is 155 Å². The van der Waals surface area contributed by atoms with Gasteiger partial charge in [0.15, 0.2) is 0 Å². The molecule has 26 heavy (non-hydrogen) atoms. The highest BCUT2D eigenvalue weighted by molar-refractivity contribution is 7.89. The van der Waals surface area contributed by atoms with Gasteiger partial charge in [-0.15, -0.1) is 0 Å². The Hall–Kier alpha value is -1.74. The lowest BCUT2D eigenvalue weighted by Crippen LogP contribution is -2.38. The highest BCUT2D eigenvalue weighted by Crippen LogP contribution is 2.39. The summed E-state index contributed by atoms with van der Waals surface area (Å²) in [6, 6.07) is 15.0. The highest BCUT2D eigenvalue weighted by atomic mass is 32.2. The van der Waals surface area contributed by atoms with E-state index in [9.17, 15) is 16.8 Å². The third kappa shape index (κ3) is 3.42. The molecule has 1 aliphatic heterocycles. The van der Waals surface area contributed by atoms with Gasteiger partial charge in [0.25, 0.3) is 0 Å². The molecule has 0 spiro atoms. The van der Waals surface area contributed by atoms with Crippen LogP contribution in [0.2, 0.25) is 0 Å². The minimum Gasteiger partial charge on any atom is -0.212 e. The van der Waals surface area contributed by atoms with Gasteiger partial charge >= 0.3 is 0 Å². The van der Waals surface area contributed by atoms with Gasteiger partial charge in [0, 0.05) is 12.6 Å². The fourth-order valence-corrected chi connectivity index (χ4v) is 6.36. The van der Waals surface area contributed by atoms with Gasteiger partial charge < -0.3 is 0 Å². The van der Waals surface area contributed by atoms with Crippen molar-refractivity contribution in [3.63, 3.8) is 0 Å². The predicted octanol–water partition coefficient (Wildman–Crippen LogP) is 2.35. The Balaban J connectivity index is 2.14. The van der Waals surface area contributed by atoms with Gasteiger partial charge in [-0.1, -0.05) is 48.0 Å². The molecule has 0 N–H and O–H groups in total. The van der Waals surface area contributed by atoms with Gasteiger partial charge in [-0.2, -0.15) is 8.61 Å². The smallest absolute Gasteiger partial charge is 0.212 e. The van der Waals surface area contributed by atoms with Gasteiger partial charge in [0.1, 0.15) is 6.17 Å². The fraction of sp³-hybridized carbons (Fsp3) is 0.333. The van der Waals surface area contributed by atoms with E-state index >= 15 is 0 Å². The van der Waals surface area contributed by atoms with Crippen molar-refractivity contribution in [1.82, 2.24) is 8.61 Å².